The maximum Gasteiger partial charge on any atom is 0.0644 e. The first-order valence-electron chi connectivity index (χ1n) is 13.1. The van der Waals surface area contributed by atoms with Gasteiger partial charge < -0.3 is 4.74 Å². The first-order chi connectivity index (χ1) is 16.5. The van der Waals surface area contributed by atoms with E-state index >= 15 is 0 Å². The normalized spacial score (nSPS) is 17.1. The molecule has 2 heterocycles. The molecule has 0 radical (unpaired) electrons. The molecule has 0 saturated heterocycles. The topological polar surface area (TPSA) is 41.1 Å². The Bertz CT molecular complexity index is 1070. The number of fused-ring (bicyclic) bond motifs is 1. The summed E-state index contributed by atoms with van der Waals surface area (Å²) in [6.45, 7) is 16.1. The highest BCUT2D eigenvalue weighted by molar-refractivity contribution is 5.54. The van der Waals surface area contributed by atoms with Gasteiger partial charge in [-0.15, -0.1) is 0 Å². The van der Waals surface area contributed by atoms with Crippen molar-refractivity contribution in [3.63, 3.8) is 0 Å². The second-order valence-electron chi connectivity index (χ2n) is 9.55. The van der Waals surface area contributed by atoms with Crippen LogP contribution in [0, 0.1) is 13.8 Å². The van der Waals surface area contributed by atoms with Crippen LogP contribution in [0.2, 0.25) is 0 Å². The van der Waals surface area contributed by atoms with Gasteiger partial charge in [-0.2, -0.15) is 5.10 Å². The van der Waals surface area contributed by atoms with Crippen molar-refractivity contribution >= 4 is 0 Å². The summed E-state index contributed by atoms with van der Waals surface area (Å²) in [5.74, 6) is 0. The van der Waals surface area contributed by atoms with Gasteiger partial charge in [0.25, 0.3) is 0 Å². The Hall–Kier alpha value is -2.43. The Balaban J connectivity index is 1.93. The zero-order chi connectivity index (χ0) is 24.2. The first kappa shape index (κ1) is 24.7. The summed E-state index contributed by atoms with van der Waals surface area (Å²) in [5, 5.41) is 7.50. The predicted molar refractivity (Wildman–Crippen MR) is 140 cm³/mol. The number of nitrogens with one attached hydrogen (secondary N) is 1. The lowest BCUT2D eigenvalue weighted by Crippen LogP contribution is -2.46. The van der Waals surface area contributed by atoms with Crippen molar-refractivity contribution in [2.24, 2.45) is 0 Å². The first-order valence-corrected chi connectivity index (χ1v) is 13.1. The van der Waals surface area contributed by atoms with Crippen LogP contribution in [0.3, 0.4) is 0 Å². The Morgan fingerprint density at radius 1 is 0.971 bits per heavy atom. The van der Waals surface area contributed by atoms with Crippen LogP contribution in [-0.2, 0) is 37.0 Å². The maximum absolute atomic E-state index is 6.04. The number of H-pyrrole nitrogens is 1. The van der Waals surface area contributed by atoms with Crippen molar-refractivity contribution in [2.75, 3.05) is 13.2 Å². The van der Waals surface area contributed by atoms with Gasteiger partial charge in [-0.1, -0.05) is 45.0 Å². The number of hydrogen-bond donors (Lipinski definition) is 1. The van der Waals surface area contributed by atoms with E-state index in [1.54, 1.807) is 5.56 Å². The molecule has 0 spiro atoms. The molecule has 4 nitrogen and oxygen atoms in total. The number of benzene rings is 2. The molecule has 2 unspecified atom stereocenters. The van der Waals surface area contributed by atoms with Crippen LogP contribution in [0.5, 0.6) is 0 Å². The smallest absolute Gasteiger partial charge is 0.0644 e. The lowest BCUT2D eigenvalue weighted by Gasteiger charge is -2.43. The minimum Gasteiger partial charge on any atom is -0.380 e. The van der Waals surface area contributed by atoms with Gasteiger partial charge in [0, 0.05) is 31.0 Å². The molecule has 0 bridgehead atoms. The predicted octanol–water partition coefficient (Wildman–Crippen LogP) is 6.27. The van der Waals surface area contributed by atoms with Gasteiger partial charge >= 0.3 is 0 Å². The SMILES string of the molecule is CCOCC1Cc2ccccc2CN1C(c1cn[nH]c1)c1c(C)c(CC)c(CC)c(CC)c1C. The average molecular weight is 460 g/mol. The van der Waals surface area contributed by atoms with E-state index in [1.807, 2.05) is 6.20 Å². The van der Waals surface area contributed by atoms with Gasteiger partial charge in [0.1, 0.15) is 0 Å². The molecule has 2 aromatic carbocycles. The summed E-state index contributed by atoms with van der Waals surface area (Å²) in [6.07, 6.45) is 8.35. The van der Waals surface area contributed by atoms with Crippen LogP contribution >= 0.6 is 0 Å². The average Bonchev–Trinajstić information content (AvgIpc) is 3.39. The summed E-state index contributed by atoms with van der Waals surface area (Å²) in [4.78, 5) is 2.68. The standard InChI is InChI=1S/C30H41N3O/c1-7-26-20(5)29(21(6)27(8-2)28(26)9-3)30(24-16-31-32-17-24)33-18-23-14-12-11-13-22(23)15-25(33)19-34-10-4/h11-14,16-17,25,30H,7-10,15,18-19H2,1-6H3,(H,31,32). The van der Waals surface area contributed by atoms with Crippen LogP contribution in [0.15, 0.2) is 36.7 Å². The third kappa shape index (κ3) is 4.46. The van der Waals surface area contributed by atoms with Crippen molar-refractivity contribution in [2.45, 2.75) is 85.9 Å². The quantitative estimate of drug-likeness (QED) is 0.410. The zero-order valence-electron chi connectivity index (χ0n) is 21.9. The maximum atomic E-state index is 6.04. The molecule has 0 fully saturated rings. The molecule has 1 N–H and O–H groups in total. The minimum absolute atomic E-state index is 0.138. The van der Waals surface area contributed by atoms with Gasteiger partial charge in [0.05, 0.1) is 18.8 Å². The van der Waals surface area contributed by atoms with Gasteiger partial charge in [0.2, 0.25) is 0 Å². The lowest BCUT2D eigenvalue weighted by molar-refractivity contribution is 0.0390. The molecule has 1 aliphatic heterocycles. The Kier molecular flexibility index (Phi) is 7.90. The third-order valence-electron chi connectivity index (χ3n) is 7.85. The van der Waals surface area contributed by atoms with Crippen molar-refractivity contribution in [3.05, 3.63) is 86.7 Å². The highest BCUT2D eigenvalue weighted by Gasteiger charge is 2.36. The molecule has 4 rings (SSSR count). The fraction of sp³-hybridized carbons (Fsp3) is 0.500. The molecule has 1 aliphatic rings. The largest absolute Gasteiger partial charge is 0.380 e. The van der Waals surface area contributed by atoms with E-state index < -0.39 is 0 Å². The molecule has 34 heavy (non-hydrogen) atoms. The van der Waals surface area contributed by atoms with E-state index in [0.717, 1.165) is 45.4 Å². The van der Waals surface area contributed by atoms with Crippen molar-refractivity contribution < 1.29 is 4.74 Å². The van der Waals surface area contributed by atoms with Crippen molar-refractivity contribution in [1.29, 1.82) is 0 Å². The highest BCUT2D eigenvalue weighted by Crippen LogP contribution is 2.41. The molecular formula is C30H41N3O. The Labute approximate surface area is 205 Å². The fourth-order valence-corrected chi connectivity index (χ4v) is 6.29. The molecule has 0 amide bonds. The van der Waals surface area contributed by atoms with Crippen LogP contribution in [0.4, 0.5) is 0 Å². The highest BCUT2D eigenvalue weighted by atomic mass is 16.5. The second-order valence-corrected chi connectivity index (χ2v) is 9.55. The molecule has 1 aromatic heterocycles. The van der Waals surface area contributed by atoms with E-state index in [4.69, 9.17) is 4.74 Å². The monoisotopic (exact) mass is 459 g/mol. The number of rotatable bonds is 9. The number of aromatic amines is 1. The van der Waals surface area contributed by atoms with Gasteiger partial charge in [0.15, 0.2) is 0 Å². The van der Waals surface area contributed by atoms with E-state index in [-0.39, 0.29) is 6.04 Å². The van der Waals surface area contributed by atoms with Crippen LogP contribution in [0.1, 0.15) is 83.8 Å². The Morgan fingerprint density at radius 3 is 2.18 bits per heavy atom. The number of hydrogen-bond acceptors (Lipinski definition) is 3. The van der Waals surface area contributed by atoms with Crippen LogP contribution in [-0.4, -0.2) is 34.4 Å². The zero-order valence-corrected chi connectivity index (χ0v) is 21.9. The van der Waals surface area contributed by atoms with Crippen molar-refractivity contribution in [3.8, 4) is 0 Å². The molecule has 182 valence electrons. The van der Waals surface area contributed by atoms with Gasteiger partial charge in [-0.05, 0) is 91.0 Å². The summed E-state index contributed by atoms with van der Waals surface area (Å²) in [6, 6.07) is 9.37. The number of ether oxygens (including phenoxy) is 1. The third-order valence-corrected chi connectivity index (χ3v) is 7.85. The molecule has 4 heteroatoms. The summed E-state index contributed by atoms with van der Waals surface area (Å²) in [7, 11) is 0. The Morgan fingerprint density at radius 2 is 1.62 bits per heavy atom. The summed E-state index contributed by atoms with van der Waals surface area (Å²) >= 11 is 0. The number of aromatic nitrogens is 2. The van der Waals surface area contributed by atoms with Crippen molar-refractivity contribution in [1.82, 2.24) is 15.1 Å². The molecule has 2 atom stereocenters. The van der Waals surface area contributed by atoms with Crippen LogP contribution < -0.4 is 0 Å². The van der Waals surface area contributed by atoms with E-state index in [0.29, 0.717) is 6.04 Å². The molecular weight excluding hydrogens is 418 g/mol. The van der Waals surface area contributed by atoms with E-state index in [1.165, 1.54) is 44.5 Å². The molecule has 0 saturated carbocycles. The fourth-order valence-electron chi connectivity index (χ4n) is 6.29. The minimum atomic E-state index is 0.138. The number of nitrogens with zero attached hydrogens (tertiary/aromatic N) is 2. The molecule has 3 aromatic rings. The molecule has 0 aliphatic carbocycles. The van der Waals surface area contributed by atoms with E-state index in [2.05, 4.69) is 87.1 Å². The van der Waals surface area contributed by atoms with E-state index in [9.17, 15) is 0 Å². The summed E-state index contributed by atoms with van der Waals surface area (Å²) < 4.78 is 6.04. The van der Waals surface area contributed by atoms with Gasteiger partial charge in [-0.3, -0.25) is 10.00 Å². The van der Waals surface area contributed by atoms with Gasteiger partial charge in [-0.25, -0.2) is 0 Å². The second kappa shape index (κ2) is 10.9. The lowest BCUT2D eigenvalue weighted by atomic mass is 9.79. The summed E-state index contributed by atoms with van der Waals surface area (Å²) in [5.41, 5.74) is 13.1. The van der Waals surface area contributed by atoms with Crippen LogP contribution in [0.25, 0.3) is 0 Å².